The largest absolute Gasteiger partial charge is 0.478 e. The summed E-state index contributed by atoms with van der Waals surface area (Å²) < 4.78 is 18.0. The second-order valence-corrected chi connectivity index (χ2v) is 10.1. The molecule has 6 rings (SSSR count). The number of hydrogen-bond acceptors (Lipinski definition) is 9. The normalized spacial score (nSPS) is 18.2. The van der Waals surface area contributed by atoms with E-state index in [1.54, 1.807) is 18.2 Å². The maximum Gasteiger partial charge on any atom is 0.335 e. The van der Waals surface area contributed by atoms with Crippen LogP contribution in [0.3, 0.4) is 0 Å². The van der Waals surface area contributed by atoms with E-state index in [1.165, 1.54) is 11.5 Å². The lowest BCUT2D eigenvalue weighted by Crippen LogP contribution is -2.46. The van der Waals surface area contributed by atoms with E-state index in [2.05, 4.69) is 23.7 Å². The summed E-state index contributed by atoms with van der Waals surface area (Å²) in [6.07, 6.45) is 1.16. The molecule has 2 aromatic carbocycles. The summed E-state index contributed by atoms with van der Waals surface area (Å²) in [5.41, 5.74) is 3.02. The van der Waals surface area contributed by atoms with Gasteiger partial charge in [-0.2, -0.15) is 4.98 Å². The molecule has 37 heavy (non-hydrogen) atoms. The van der Waals surface area contributed by atoms with Gasteiger partial charge in [0.25, 0.3) is 0 Å². The molecule has 0 amide bonds. The van der Waals surface area contributed by atoms with Crippen LogP contribution in [0.2, 0.25) is 0 Å². The summed E-state index contributed by atoms with van der Waals surface area (Å²) in [4.78, 5) is 25.6. The molecule has 2 aromatic heterocycles. The molecule has 10 nitrogen and oxygen atoms in total. The highest BCUT2D eigenvalue weighted by Gasteiger charge is 2.25. The Kier molecular flexibility index (Phi) is 6.73. The Morgan fingerprint density at radius 3 is 2.65 bits per heavy atom. The minimum absolute atomic E-state index is 0.150. The lowest BCUT2D eigenvalue weighted by atomic mass is 10.1. The highest BCUT2D eigenvalue weighted by atomic mass is 32.1. The number of carboxylic acids is 1. The Bertz CT molecular complexity index is 1380. The van der Waals surface area contributed by atoms with Gasteiger partial charge in [-0.1, -0.05) is 30.3 Å². The minimum Gasteiger partial charge on any atom is -0.478 e. The molecule has 1 atom stereocenters. The maximum absolute atomic E-state index is 11.5. The van der Waals surface area contributed by atoms with Gasteiger partial charge < -0.3 is 24.0 Å². The van der Waals surface area contributed by atoms with E-state index < -0.39 is 5.97 Å². The summed E-state index contributed by atoms with van der Waals surface area (Å²) in [5.74, 6) is 0.00604. The molecule has 192 valence electrons. The van der Waals surface area contributed by atoms with Crippen LogP contribution >= 0.6 is 11.5 Å². The first-order chi connectivity index (χ1) is 18.1. The van der Waals surface area contributed by atoms with Gasteiger partial charge >= 0.3 is 12.0 Å². The molecule has 2 saturated heterocycles. The molecule has 0 aliphatic carbocycles. The minimum atomic E-state index is -0.933. The van der Waals surface area contributed by atoms with Crippen LogP contribution in [0.1, 0.15) is 28.2 Å². The van der Waals surface area contributed by atoms with Crippen LogP contribution in [-0.4, -0.2) is 73.8 Å². The quantitative estimate of drug-likeness (QED) is 0.356. The molecular weight excluding hydrogens is 492 g/mol. The van der Waals surface area contributed by atoms with Gasteiger partial charge in [0.15, 0.2) is 0 Å². The van der Waals surface area contributed by atoms with Gasteiger partial charge in [0.1, 0.15) is 12.4 Å². The van der Waals surface area contributed by atoms with E-state index in [4.69, 9.17) is 14.5 Å². The van der Waals surface area contributed by atoms with Crippen molar-refractivity contribution in [2.45, 2.75) is 32.2 Å². The van der Waals surface area contributed by atoms with Crippen molar-refractivity contribution in [2.24, 2.45) is 0 Å². The van der Waals surface area contributed by atoms with Crippen molar-refractivity contribution in [3.63, 3.8) is 0 Å². The zero-order chi connectivity index (χ0) is 25.2. The standard InChI is InChI=1S/C26H28N6O4S/c33-24(34)19-6-7-21-22(14-19)32(15-20-8-13-35-20)23(27-21)16-30-9-11-31(12-10-30)26-28-25(29-37-26)36-17-18-4-2-1-3-5-18/h1-7,14,20H,8-13,15-17H2,(H,33,34). The number of fused-ring (bicyclic) bond motifs is 1. The van der Waals surface area contributed by atoms with E-state index in [0.29, 0.717) is 25.7 Å². The average Bonchev–Trinajstić information content (AvgIpc) is 3.50. The summed E-state index contributed by atoms with van der Waals surface area (Å²) in [5, 5.41) is 10.3. The maximum atomic E-state index is 11.5. The molecule has 0 bridgehead atoms. The van der Waals surface area contributed by atoms with Crippen LogP contribution in [-0.2, 0) is 24.4 Å². The third-order valence-electron chi connectivity index (χ3n) is 6.87. The number of ether oxygens (including phenoxy) is 2. The first-order valence-electron chi connectivity index (χ1n) is 12.4. The summed E-state index contributed by atoms with van der Waals surface area (Å²) >= 11 is 1.36. The third kappa shape index (κ3) is 5.29. The van der Waals surface area contributed by atoms with Crippen LogP contribution in [0.5, 0.6) is 6.01 Å². The van der Waals surface area contributed by atoms with Gasteiger partial charge in [0.05, 0.1) is 35.8 Å². The van der Waals surface area contributed by atoms with E-state index in [9.17, 15) is 9.90 Å². The van der Waals surface area contributed by atoms with Crippen LogP contribution in [0.25, 0.3) is 11.0 Å². The number of rotatable bonds is 9. The lowest BCUT2D eigenvalue weighted by Gasteiger charge is -2.34. The van der Waals surface area contributed by atoms with Crippen molar-refractivity contribution >= 4 is 33.7 Å². The van der Waals surface area contributed by atoms with Gasteiger partial charge in [-0.15, -0.1) is 4.37 Å². The Labute approximate surface area is 218 Å². The Morgan fingerprint density at radius 2 is 1.92 bits per heavy atom. The van der Waals surface area contributed by atoms with Gasteiger partial charge in [0, 0.05) is 44.3 Å². The summed E-state index contributed by atoms with van der Waals surface area (Å²) in [6, 6.07) is 15.5. The predicted octanol–water partition coefficient (Wildman–Crippen LogP) is 3.28. The first-order valence-corrected chi connectivity index (χ1v) is 13.2. The van der Waals surface area contributed by atoms with Crippen LogP contribution < -0.4 is 9.64 Å². The van der Waals surface area contributed by atoms with Crippen LogP contribution in [0, 0.1) is 0 Å². The molecule has 0 saturated carbocycles. The van der Waals surface area contributed by atoms with Crippen molar-refractivity contribution in [1.82, 2.24) is 23.8 Å². The Hall–Kier alpha value is -3.54. The molecule has 2 fully saturated rings. The second-order valence-electron chi connectivity index (χ2n) is 9.33. The number of hydrogen-bond donors (Lipinski definition) is 1. The number of aromatic carboxylic acids is 1. The first kappa shape index (κ1) is 23.8. The number of benzene rings is 2. The monoisotopic (exact) mass is 520 g/mol. The van der Waals surface area contributed by atoms with Gasteiger partial charge in [-0.3, -0.25) is 4.90 Å². The van der Waals surface area contributed by atoms with E-state index in [0.717, 1.165) is 66.8 Å². The molecule has 4 aromatic rings. The Balaban J connectivity index is 1.10. The number of anilines is 1. The fourth-order valence-corrected chi connectivity index (χ4v) is 5.34. The topological polar surface area (TPSA) is 106 Å². The van der Waals surface area contributed by atoms with E-state index >= 15 is 0 Å². The molecule has 2 aliphatic heterocycles. The average molecular weight is 521 g/mol. The molecule has 11 heteroatoms. The number of piperazine rings is 1. The number of carbonyl (C=O) groups is 1. The molecule has 1 unspecified atom stereocenters. The number of aromatic nitrogens is 4. The SMILES string of the molecule is O=C(O)c1ccc2nc(CN3CCN(c4nc(OCc5ccccc5)ns4)CC3)n(CC3CCO3)c2c1. The fraction of sp³-hybridized carbons (Fsp3) is 0.385. The predicted molar refractivity (Wildman–Crippen MR) is 139 cm³/mol. The van der Waals surface area contributed by atoms with Gasteiger partial charge in [0.2, 0.25) is 5.13 Å². The lowest BCUT2D eigenvalue weighted by molar-refractivity contribution is -0.0592. The molecule has 2 aliphatic rings. The molecular formula is C26H28N6O4S. The highest BCUT2D eigenvalue weighted by molar-refractivity contribution is 7.09. The second kappa shape index (κ2) is 10.4. The number of nitrogens with zero attached hydrogens (tertiary/aromatic N) is 6. The number of carboxylic acid groups (broad SMARTS) is 1. The smallest absolute Gasteiger partial charge is 0.335 e. The zero-order valence-electron chi connectivity index (χ0n) is 20.3. The van der Waals surface area contributed by atoms with Crippen molar-refractivity contribution < 1.29 is 19.4 Å². The third-order valence-corrected chi connectivity index (χ3v) is 7.63. The van der Waals surface area contributed by atoms with Crippen molar-refractivity contribution in [3.8, 4) is 6.01 Å². The van der Waals surface area contributed by atoms with Gasteiger partial charge in [-0.25, -0.2) is 9.78 Å². The zero-order valence-corrected chi connectivity index (χ0v) is 21.1. The van der Waals surface area contributed by atoms with Gasteiger partial charge in [-0.05, 0) is 30.2 Å². The Morgan fingerprint density at radius 1 is 1.11 bits per heavy atom. The summed E-state index contributed by atoms with van der Waals surface area (Å²) in [6.45, 7) is 6.01. The van der Waals surface area contributed by atoms with Crippen molar-refractivity contribution in [2.75, 3.05) is 37.7 Å². The highest BCUT2D eigenvalue weighted by Crippen LogP contribution is 2.25. The summed E-state index contributed by atoms with van der Waals surface area (Å²) in [7, 11) is 0. The molecule has 4 heterocycles. The molecule has 1 N–H and O–H groups in total. The number of imidazole rings is 1. The van der Waals surface area contributed by atoms with Crippen LogP contribution in [0.4, 0.5) is 5.13 Å². The van der Waals surface area contributed by atoms with Crippen LogP contribution in [0.15, 0.2) is 48.5 Å². The van der Waals surface area contributed by atoms with Crippen molar-refractivity contribution in [1.29, 1.82) is 0 Å². The molecule has 0 radical (unpaired) electrons. The fourth-order valence-electron chi connectivity index (χ4n) is 4.67. The van der Waals surface area contributed by atoms with E-state index in [-0.39, 0.29) is 11.7 Å². The molecule has 0 spiro atoms. The van der Waals surface area contributed by atoms with Crippen molar-refractivity contribution in [3.05, 3.63) is 65.5 Å². The van der Waals surface area contributed by atoms with E-state index in [1.807, 2.05) is 30.3 Å².